The van der Waals surface area contributed by atoms with Gasteiger partial charge >= 0.3 is 0 Å². The Kier molecular flexibility index (Phi) is 5.42. The molecule has 0 unspecified atom stereocenters. The van der Waals surface area contributed by atoms with Crippen molar-refractivity contribution in [2.75, 3.05) is 11.9 Å². The van der Waals surface area contributed by atoms with Crippen molar-refractivity contribution in [1.82, 2.24) is 5.32 Å². The van der Waals surface area contributed by atoms with Crippen LogP contribution in [0.5, 0.6) is 0 Å². The summed E-state index contributed by atoms with van der Waals surface area (Å²) in [5, 5.41) is 5.50. The first-order chi connectivity index (χ1) is 12.0. The highest BCUT2D eigenvalue weighted by Gasteiger charge is 2.56. The van der Waals surface area contributed by atoms with Crippen LogP contribution in [0.15, 0.2) is 29.8 Å². The van der Waals surface area contributed by atoms with E-state index in [1.165, 1.54) is 36.6 Å². The third kappa shape index (κ3) is 4.21. The Hall–Kier alpha value is -1.88. The third-order valence-corrected chi connectivity index (χ3v) is 5.20. The largest absolute Gasteiger partial charge is 0.355 e. The van der Waals surface area contributed by atoms with E-state index in [4.69, 9.17) is 11.6 Å². The lowest BCUT2D eigenvalue weighted by Gasteiger charge is -2.17. The van der Waals surface area contributed by atoms with Crippen molar-refractivity contribution in [3.05, 3.63) is 40.7 Å². The van der Waals surface area contributed by atoms with Crippen LogP contribution in [-0.4, -0.2) is 18.4 Å². The number of rotatable bonds is 6. The molecule has 0 atom stereocenters. The van der Waals surface area contributed by atoms with Gasteiger partial charge < -0.3 is 10.6 Å². The zero-order chi connectivity index (χ0) is 17.9. The molecule has 0 aliphatic heterocycles. The van der Waals surface area contributed by atoms with Gasteiger partial charge in [-0.3, -0.25) is 9.59 Å². The highest BCUT2D eigenvalue weighted by molar-refractivity contribution is 6.31. The summed E-state index contributed by atoms with van der Waals surface area (Å²) in [5.74, 6) is -1.13. The van der Waals surface area contributed by atoms with E-state index in [0.717, 1.165) is 19.3 Å². The average molecular weight is 365 g/mol. The van der Waals surface area contributed by atoms with Gasteiger partial charge in [-0.1, -0.05) is 23.3 Å². The van der Waals surface area contributed by atoms with E-state index in [1.54, 1.807) is 0 Å². The fraction of sp³-hybridized carbons (Fsp3) is 0.474. The van der Waals surface area contributed by atoms with Crippen molar-refractivity contribution in [1.29, 1.82) is 0 Å². The zero-order valence-corrected chi connectivity index (χ0v) is 14.8. The van der Waals surface area contributed by atoms with Gasteiger partial charge in [0.25, 0.3) is 0 Å². The Labute approximate surface area is 151 Å². The Morgan fingerprint density at radius 1 is 1.20 bits per heavy atom. The molecule has 2 amide bonds. The molecule has 2 aliphatic carbocycles. The zero-order valence-electron chi connectivity index (χ0n) is 14.0. The van der Waals surface area contributed by atoms with Gasteiger partial charge in [0.1, 0.15) is 11.2 Å². The number of amides is 2. The summed E-state index contributed by atoms with van der Waals surface area (Å²) in [7, 11) is 0. The van der Waals surface area contributed by atoms with Gasteiger partial charge in [0.15, 0.2) is 0 Å². The van der Waals surface area contributed by atoms with Crippen LogP contribution in [0.3, 0.4) is 0 Å². The first-order valence-corrected chi connectivity index (χ1v) is 9.12. The van der Waals surface area contributed by atoms with Gasteiger partial charge in [0.2, 0.25) is 11.8 Å². The molecule has 0 saturated heterocycles. The summed E-state index contributed by atoms with van der Waals surface area (Å²) >= 11 is 5.72. The van der Waals surface area contributed by atoms with E-state index < -0.39 is 11.2 Å². The van der Waals surface area contributed by atoms with Crippen LogP contribution in [0, 0.1) is 11.2 Å². The molecule has 1 saturated carbocycles. The Morgan fingerprint density at radius 3 is 2.64 bits per heavy atom. The van der Waals surface area contributed by atoms with Crippen molar-refractivity contribution in [2.45, 2.75) is 44.9 Å². The SMILES string of the molecule is O=C(NCCC1=CCCCC1)C1(C(=O)Nc2ccc(F)c(Cl)c2)CC1. The van der Waals surface area contributed by atoms with Crippen LogP contribution in [0.2, 0.25) is 5.02 Å². The fourth-order valence-electron chi connectivity index (χ4n) is 3.14. The highest BCUT2D eigenvalue weighted by Crippen LogP contribution is 2.47. The van der Waals surface area contributed by atoms with Crippen LogP contribution in [0.1, 0.15) is 44.9 Å². The molecule has 0 bridgehead atoms. The summed E-state index contributed by atoms with van der Waals surface area (Å²) in [6.07, 6.45) is 8.84. The number of carbonyl (C=O) groups excluding carboxylic acids is 2. The lowest BCUT2D eigenvalue weighted by atomic mass is 9.97. The first kappa shape index (κ1) is 17.9. The summed E-state index contributed by atoms with van der Waals surface area (Å²) in [6.45, 7) is 0.558. The van der Waals surface area contributed by atoms with Gasteiger partial charge in [-0.2, -0.15) is 0 Å². The normalized spacial score (nSPS) is 18.2. The Morgan fingerprint density at radius 2 is 2.00 bits per heavy atom. The molecule has 1 aromatic rings. The molecule has 6 heteroatoms. The molecule has 0 aromatic heterocycles. The van der Waals surface area contributed by atoms with Crippen LogP contribution in [0.25, 0.3) is 0 Å². The predicted molar refractivity (Wildman–Crippen MR) is 95.9 cm³/mol. The van der Waals surface area contributed by atoms with Crippen LogP contribution in [0.4, 0.5) is 10.1 Å². The minimum absolute atomic E-state index is 0.0622. The summed E-state index contributed by atoms with van der Waals surface area (Å²) < 4.78 is 13.2. The molecule has 1 fully saturated rings. The van der Waals surface area contributed by atoms with E-state index >= 15 is 0 Å². The fourth-order valence-corrected chi connectivity index (χ4v) is 3.32. The average Bonchev–Trinajstić information content (AvgIpc) is 3.41. The third-order valence-electron chi connectivity index (χ3n) is 4.91. The van der Waals surface area contributed by atoms with E-state index in [-0.39, 0.29) is 16.8 Å². The maximum atomic E-state index is 13.2. The van der Waals surface area contributed by atoms with E-state index in [9.17, 15) is 14.0 Å². The van der Waals surface area contributed by atoms with Crippen molar-refractivity contribution in [2.24, 2.45) is 5.41 Å². The lowest BCUT2D eigenvalue weighted by molar-refractivity contribution is -0.134. The van der Waals surface area contributed by atoms with Crippen LogP contribution >= 0.6 is 11.6 Å². The number of allylic oxidation sites excluding steroid dienone is 1. The van der Waals surface area contributed by atoms with Crippen molar-refractivity contribution in [3.63, 3.8) is 0 Å². The summed E-state index contributed by atoms with van der Waals surface area (Å²) in [4.78, 5) is 24.9. The summed E-state index contributed by atoms with van der Waals surface area (Å²) in [5.41, 5.74) is 0.784. The minimum Gasteiger partial charge on any atom is -0.355 e. The Balaban J connectivity index is 1.53. The number of nitrogens with one attached hydrogen (secondary N) is 2. The highest BCUT2D eigenvalue weighted by atomic mass is 35.5. The van der Waals surface area contributed by atoms with Crippen molar-refractivity contribution >= 4 is 29.1 Å². The topological polar surface area (TPSA) is 58.2 Å². The quantitative estimate of drug-likeness (QED) is 0.587. The first-order valence-electron chi connectivity index (χ1n) is 8.74. The molecule has 1 aromatic carbocycles. The molecule has 3 rings (SSSR count). The number of benzene rings is 1. The second kappa shape index (κ2) is 7.56. The maximum absolute atomic E-state index is 13.2. The van der Waals surface area contributed by atoms with Crippen LogP contribution < -0.4 is 10.6 Å². The molecule has 2 aliphatic rings. The molecule has 134 valence electrons. The van der Waals surface area contributed by atoms with Gasteiger partial charge in [0, 0.05) is 12.2 Å². The second-order valence-electron chi connectivity index (χ2n) is 6.78. The maximum Gasteiger partial charge on any atom is 0.240 e. The van der Waals surface area contributed by atoms with Crippen molar-refractivity contribution in [3.8, 4) is 0 Å². The second-order valence-corrected chi connectivity index (χ2v) is 7.19. The molecule has 25 heavy (non-hydrogen) atoms. The molecular weight excluding hydrogens is 343 g/mol. The molecule has 4 nitrogen and oxygen atoms in total. The smallest absolute Gasteiger partial charge is 0.240 e. The molecular formula is C19H22ClFN2O2. The number of hydrogen-bond acceptors (Lipinski definition) is 2. The Bertz CT molecular complexity index is 713. The lowest BCUT2D eigenvalue weighted by Crippen LogP contribution is -2.40. The van der Waals surface area contributed by atoms with Gasteiger partial charge in [-0.15, -0.1) is 0 Å². The van der Waals surface area contributed by atoms with E-state index in [1.807, 2.05) is 0 Å². The van der Waals surface area contributed by atoms with Crippen molar-refractivity contribution < 1.29 is 14.0 Å². The van der Waals surface area contributed by atoms with E-state index in [2.05, 4.69) is 16.7 Å². The predicted octanol–water partition coefficient (Wildman–Crippen LogP) is 4.20. The number of anilines is 1. The van der Waals surface area contributed by atoms with E-state index in [0.29, 0.717) is 25.1 Å². The number of carbonyl (C=O) groups is 2. The molecule has 0 heterocycles. The molecule has 0 spiro atoms. The van der Waals surface area contributed by atoms with Crippen LogP contribution in [-0.2, 0) is 9.59 Å². The van der Waals surface area contributed by atoms with Gasteiger partial charge in [0.05, 0.1) is 5.02 Å². The monoisotopic (exact) mass is 364 g/mol. The number of halogens is 2. The minimum atomic E-state index is -0.998. The number of hydrogen-bond donors (Lipinski definition) is 2. The molecule has 0 radical (unpaired) electrons. The van der Waals surface area contributed by atoms with Gasteiger partial charge in [-0.05, 0) is 63.1 Å². The standard InChI is InChI=1S/C19H22ClFN2O2/c20-15-12-14(6-7-16(15)21)23-18(25)19(9-10-19)17(24)22-11-8-13-4-2-1-3-5-13/h4,6-7,12H,1-3,5,8-11H2,(H,22,24)(H,23,25). The summed E-state index contributed by atoms with van der Waals surface area (Å²) in [6, 6.07) is 3.97. The molecule has 2 N–H and O–H groups in total. The van der Waals surface area contributed by atoms with Gasteiger partial charge in [-0.25, -0.2) is 4.39 Å².